The topological polar surface area (TPSA) is 66.8 Å². The molecule has 2 aromatic rings. The van der Waals surface area contributed by atoms with Gasteiger partial charge < -0.3 is 19.5 Å². The molecule has 0 aliphatic carbocycles. The van der Waals surface area contributed by atoms with E-state index < -0.39 is 0 Å². The summed E-state index contributed by atoms with van der Waals surface area (Å²) in [5.41, 5.74) is 1.87. The van der Waals surface area contributed by atoms with E-state index >= 15 is 0 Å². The molecular formula is C23H29FN4O3. The van der Waals surface area contributed by atoms with Gasteiger partial charge in [-0.15, -0.1) is 0 Å². The number of fused-ring (bicyclic) bond motifs is 1. The number of nitrogens with zero attached hydrogens (tertiary/aromatic N) is 3. The number of amides is 2. The molecule has 3 heterocycles. The van der Waals surface area contributed by atoms with Gasteiger partial charge in [0.05, 0.1) is 19.3 Å². The standard InChI is InChI=1S/C23H29FN4O3/c24-19-5-3-18(4-6-19)23-20-2-1-10-27(20)12-13-28(23)22(30)8-7-21(29)25-9-11-26-14-16-31-17-15-26/h1-6,10,23H,7-9,11-17H2,(H,25,29). The number of carbonyl (C=O) groups excluding carboxylic acids is 2. The lowest BCUT2D eigenvalue weighted by Gasteiger charge is -2.37. The Bertz CT molecular complexity index is 892. The lowest BCUT2D eigenvalue weighted by molar-refractivity contribution is -0.136. The Kier molecular flexibility index (Phi) is 6.99. The molecule has 1 unspecified atom stereocenters. The van der Waals surface area contributed by atoms with Crippen molar-refractivity contribution >= 4 is 11.8 Å². The Hall–Kier alpha value is -2.71. The Morgan fingerprint density at radius 2 is 1.81 bits per heavy atom. The highest BCUT2D eigenvalue weighted by Crippen LogP contribution is 2.33. The molecule has 1 atom stereocenters. The maximum atomic E-state index is 13.4. The summed E-state index contributed by atoms with van der Waals surface area (Å²) in [6.45, 7) is 5.86. The monoisotopic (exact) mass is 428 g/mol. The van der Waals surface area contributed by atoms with Crippen LogP contribution in [0.3, 0.4) is 0 Å². The zero-order chi connectivity index (χ0) is 21.6. The van der Waals surface area contributed by atoms with Gasteiger partial charge in [-0.25, -0.2) is 4.39 Å². The Morgan fingerprint density at radius 1 is 1.03 bits per heavy atom. The van der Waals surface area contributed by atoms with Crippen molar-refractivity contribution < 1.29 is 18.7 Å². The number of ether oxygens (including phenoxy) is 1. The smallest absolute Gasteiger partial charge is 0.223 e. The average Bonchev–Trinajstić information content (AvgIpc) is 3.27. The van der Waals surface area contributed by atoms with E-state index in [0.717, 1.165) is 44.1 Å². The van der Waals surface area contributed by atoms with Gasteiger partial charge in [-0.3, -0.25) is 14.5 Å². The minimum Gasteiger partial charge on any atom is -0.379 e. The molecular weight excluding hydrogens is 399 g/mol. The zero-order valence-corrected chi connectivity index (χ0v) is 17.6. The number of hydrogen-bond donors (Lipinski definition) is 1. The first-order chi connectivity index (χ1) is 15.1. The first-order valence-electron chi connectivity index (χ1n) is 10.9. The lowest BCUT2D eigenvalue weighted by atomic mass is 9.99. The van der Waals surface area contributed by atoms with E-state index in [2.05, 4.69) is 14.8 Å². The summed E-state index contributed by atoms with van der Waals surface area (Å²) in [4.78, 5) is 29.4. The third kappa shape index (κ3) is 5.32. The van der Waals surface area contributed by atoms with Crippen molar-refractivity contribution in [3.8, 4) is 0 Å². The fourth-order valence-electron chi connectivity index (χ4n) is 4.28. The van der Waals surface area contributed by atoms with E-state index in [9.17, 15) is 14.0 Å². The minimum atomic E-state index is -0.304. The van der Waals surface area contributed by atoms with Crippen LogP contribution in [0.25, 0.3) is 0 Å². The van der Waals surface area contributed by atoms with Crippen LogP contribution in [0.2, 0.25) is 0 Å². The molecule has 0 spiro atoms. The van der Waals surface area contributed by atoms with Crippen molar-refractivity contribution in [1.29, 1.82) is 0 Å². The summed E-state index contributed by atoms with van der Waals surface area (Å²) in [5.74, 6) is -0.480. The summed E-state index contributed by atoms with van der Waals surface area (Å²) in [7, 11) is 0. The molecule has 4 rings (SSSR count). The maximum absolute atomic E-state index is 13.4. The molecule has 2 aliphatic heterocycles. The van der Waals surface area contributed by atoms with Crippen LogP contribution in [-0.2, 0) is 20.9 Å². The van der Waals surface area contributed by atoms with Gasteiger partial charge >= 0.3 is 0 Å². The van der Waals surface area contributed by atoms with Crippen molar-refractivity contribution in [1.82, 2.24) is 19.7 Å². The number of carbonyl (C=O) groups is 2. The first-order valence-corrected chi connectivity index (χ1v) is 10.9. The molecule has 166 valence electrons. The minimum absolute atomic E-state index is 0.0647. The number of nitrogens with one attached hydrogen (secondary N) is 1. The van der Waals surface area contributed by atoms with Crippen LogP contribution < -0.4 is 5.32 Å². The van der Waals surface area contributed by atoms with Gasteiger partial charge in [-0.2, -0.15) is 0 Å². The number of rotatable bonds is 7. The second-order valence-corrected chi connectivity index (χ2v) is 7.97. The van der Waals surface area contributed by atoms with E-state index in [4.69, 9.17) is 4.74 Å². The molecule has 7 nitrogen and oxygen atoms in total. The van der Waals surface area contributed by atoms with Gasteiger partial charge in [-0.1, -0.05) is 12.1 Å². The molecule has 2 amide bonds. The number of morpholine rings is 1. The van der Waals surface area contributed by atoms with E-state index in [-0.39, 0.29) is 36.5 Å². The molecule has 1 aromatic carbocycles. The molecule has 1 fully saturated rings. The molecule has 0 saturated carbocycles. The molecule has 8 heteroatoms. The highest BCUT2D eigenvalue weighted by atomic mass is 19.1. The van der Waals surface area contributed by atoms with Crippen molar-refractivity contribution in [2.24, 2.45) is 0 Å². The van der Waals surface area contributed by atoms with Crippen LogP contribution >= 0.6 is 0 Å². The molecule has 2 aliphatic rings. The second kappa shape index (κ2) is 10.1. The Balaban J connectivity index is 1.33. The molecule has 0 radical (unpaired) electrons. The first kappa shape index (κ1) is 21.5. The summed E-state index contributed by atoms with van der Waals surface area (Å²) < 4.78 is 20.9. The van der Waals surface area contributed by atoms with Crippen LogP contribution in [0.4, 0.5) is 4.39 Å². The number of halogens is 1. The third-order valence-corrected chi connectivity index (χ3v) is 5.96. The highest BCUT2D eigenvalue weighted by Gasteiger charge is 2.32. The van der Waals surface area contributed by atoms with Gasteiger partial charge in [0, 0.05) is 64.0 Å². The predicted molar refractivity (Wildman–Crippen MR) is 114 cm³/mol. The van der Waals surface area contributed by atoms with Crippen molar-refractivity contribution in [3.63, 3.8) is 0 Å². The van der Waals surface area contributed by atoms with Crippen molar-refractivity contribution in [2.45, 2.75) is 25.4 Å². The molecule has 1 saturated heterocycles. The van der Waals surface area contributed by atoms with Crippen LogP contribution in [0, 0.1) is 5.82 Å². The summed E-state index contributed by atoms with van der Waals surface area (Å²) >= 11 is 0. The van der Waals surface area contributed by atoms with Gasteiger partial charge in [0.15, 0.2) is 0 Å². The van der Waals surface area contributed by atoms with Crippen molar-refractivity contribution in [3.05, 3.63) is 59.7 Å². The molecule has 1 N–H and O–H groups in total. The quantitative estimate of drug-likeness (QED) is 0.730. The van der Waals surface area contributed by atoms with Crippen LogP contribution in [0.1, 0.15) is 30.1 Å². The number of benzene rings is 1. The number of hydrogen-bond acceptors (Lipinski definition) is 4. The van der Waals surface area contributed by atoms with E-state index in [1.54, 1.807) is 12.1 Å². The summed E-state index contributed by atoms with van der Waals surface area (Å²) in [6.07, 6.45) is 2.31. The SMILES string of the molecule is O=C(CCC(=O)N1CCn2cccc2C1c1ccc(F)cc1)NCCN1CCOCC1. The van der Waals surface area contributed by atoms with E-state index in [1.807, 2.05) is 23.2 Å². The highest BCUT2D eigenvalue weighted by molar-refractivity contribution is 5.84. The fourth-order valence-corrected chi connectivity index (χ4v) is 4.28. The fraction of sp³-hybridized carbons (Fsp3) is 0.478. The maximum Gasteiger partial charge on any atom is 0.223 e. The van der Waals surface area contributed by atoms with Crippen LogP contribution in [0.15, 0.2) is 42.6 Å². The summed E-state index contributed by atoms with van der Waals surface area (Å²) in [5, 5.41) is 2.91. The molecule has 31 heavy (non-hydrogen) atoms. The summed E-state index contributed by atoms with van der Waals surface area (Å²) in [6, 6.07) is 9.96. The molecule has 1 aromatic heterocycles. The zero-order valence-electron chi connectivity index (χ0n) is 17.6. The predicted octanol–water partition coefficient (Wildman–Crippen LogP) is 1.79. The van der Waals surface area contributed by atoms with Gasteiger partial charge in [0.2, 0.25) is 11.8 Å². The number of aromatic nitrogens is 1. The largest absolute Gasteiger partial charge is 0.379 e. The van der Waals surface area contributed by atoms with E-state index in [1.165, 1.54) is 12.1 Å². The lowest BCUT2D eigenvalue weighted by Crippen LogP contribution is -2.43. The van der Waals surface area contributed by atoms with Gasteiger partial charge in [-0.05, 0) is 29.8 Å². The van der Waals surface area contributed by atoms with Gasteiger partial charge in [0.25, 0.3) is 0 Å². The van der Waals surface area contributed by atoms with Crippen LogP contribution in [0.5, 0.6) is 0 Å². The van der Waals surface area contributed by atoms with Crippen LogP contribution in [-0.4, -0.2) is 72.1 Å². The average molecular weight is 429 g/mol. The second-order valence-electron chi connectivity index (χ2n) is 7.97. The Morgan fingerprint density at radius 3 is 2.58 bits per heavy atom. The normalized spacial score (nSPS) is 19.1. The third-order valence-electron chi connectivity index (χ3n) is 5.96. The Labute approximate surface area is 181 Å². The van der Waals surface area contributed by atoms with Gasteiger partial charge in [0.1, 0.15) is 5.82 Å². The molecule has 0 bridgehead atoms. The van der Waals surface area contributed by atoms with Crippen molar-refractivity contribution in [2.75, 3.05) is 45.9 Å². The van der Waals surface area contributed by atoms with E-state index in [0.29, 0.717) is 19.6 Å².